The number of anilines is 1. The van der Waals surface area contributed by atoms with Gasteiger partial charge in [-0.2, -0.15) is 5.10 Å². The molecule has 1 rings (SSSR count). The molecule has 0 aliphatic heterocycles. The van der Waals surface area contributed by atoms with E-state index in [1.807, 2.05) is 10.1 Å². The number of aromatic amines is 2. The van der Waals surface area contributed by atoms with Crippen LogP contribution in [0.2, 0.25) is 0 Å². The SMILES string of the molecule is CCOC(=O)CC(C)=NNc1n[nH]c(=O)[nH]c1=O. The van der Waals surface area contributed by atoms with Crippen molar-refractivity contribution < 1.29 is 9.53 Å². The van der Waals surface area contributed by atoms with Crippen molar-refractivity contribution in [3.63, 3.8) is 0 Å². The second-order valence-corrected chi connectivity index (χ2v) is 3.30. The van der Waals surface area contributed by atoms with Crippen LogP contribution in [-0.2, 0) is 9.53 Å². The highest BCUT2D eigenvalue weighted by atomic mass is 16.5. The van der Waals surface area contributed by atoms with Crippen molar-refractivity contribution in [2.24, 2.45) is 5.10 Å². The molecule has 98 valence electrons. The second-order valence-electron chi connectivity index (χ2n) is 3.30. The van der Waals surface area contributed by atoms with E-state index in [1.54, 1.807) is 13.8 Å². The Morgan fingerprint density at radius 1 is 1.50 bits per heavy atom. The maximum Gasteiger partial charge on any atom is 0.342 e. The second kappa shape index (κ2) is 6.33. The van der Waals surface area contributed by atoms with Crippen LogP contribution in [-0.4, -0.2) is 33.5 Å². The molecule has 0 bridgehead atoms. The molecular formula is C9H13N5O4. The fraction of sp³-hybridized carbons (Fsp3) is 0.444. The molecule has 0 unspecified atom stereocenters. The van der Waals surface area contributed by atoms with Gasteiger partial charge in [0.2, 0.25) is 5.82 Å². The topological polar surface area (TPSA) is 129 Å². The van der Waals surface area contributed by atoms with Crippen molar-refractivity contribution in [1.29, 1.82) is 0 Å². The molecule has 1 aromatic rings. The molecule has 0 amide bonds. The van der Waals surface area contributed by atoms with E-state index >= 15 is 0 Å². The van der Waals surface area contributed by atoms with Crippen LogP contribution in [0.5, 0.6) is 0 Å². The van der Waals surface area contributed by atoms with Crippen molar-refractivity contribution in [3.05, 3.63) is 20.8 Å². The number of esters is 1. The number of nitrogens with one attached hydrogen (secondary N) is 3. The van der Waals surface area contributed by atoms with Crippen molar-refractivity contribution in [2.45, 2.75) is 20.3 Å². The molecule has 9 heteroatoms. The van der Waals surface area contributed by atoms with Gasteiger partial charge in [-0.3, -0.25) is 20.0 Å². The van der Waals surface area contributed by atoms with Crippen LogP contribution in [0.25, 0.3) is 0 Å². The summed E-state index contributed by atoms with van der Waals surface area (Å²) in [5.74, 6) is -0.582. The lowest BCUT2D eigenvalue weighted by Gasteiger charge is -2.02. The Morgan fingerprint density at radius 2 is 2.22 bits per heavy atom. The van der Waals surface area contributed by atoms with Crippen LogP contribution in [0.3, 0.4) is 0 Å². The molecule has 0 spiro atoms. The lowest BCUT2D eigenvalue weighted by atomic mass is 10.3. The quantitative estimate of drug-likeness (QED) is 0.359. The van der Waals surface area contributed by atoms with Gasteiger partial charge in [0.1, 0.15) is 0 Å². The van der Waals surface area contributed by atoms with E-state index in [0.717, 1.165) is 0 Å². The molecule has 0 fully saturated rings. The predicted octanol–water partition coefficient (Wildman–Crippen LogP) is -0.801. The van der Waals surface area contributed by atoms with Crippen LogP contribution >= 0.6 is 0 Å². The van der Waals surface area contributed by atoms with Gasteiger partial charge >= 0.3 is 11.7 Å². The maximum atomic E-state index is 11.2. The Bertz CT molecular complexity index is 559. The maximum absolute atomic E-state index is 11.2. The van der Waals surface area contributed by atoms with E-state index in [1.165, 1.54) is 0 Å². The van der Waals surface area contributed by atoms with Crippen molar-refractivity contribution in [2.75, 3.05) is 12.0 Å². The first-order valence-electron chi connectivity index (χ1n) is 5.16. The standard InChI is InChI=1S/C9H13N5O4/c1-3-18-6(15)4-5(2)11-12-7-8(16)10-9(17)14-13-7/h3-4H2,1-2H3,(H,12,13)(H2,10,14,16,17). The highest BCUT2D eigenvalue weighted by Gasteiger charge is 2.05. The van der Waals surface area contributed by atoms with Gasteiger partial charge in [0.05, 0.1) is 13.0 Å². The van der Waals surface area contributed by atoms with Gasteiger partial charge in [0, 0.05) is 5.71 Å². The largest absolute Gasteiger partial charge is 0.466 e. The fourth-order valence-electron chi connectivity index (χ4n) is 1.03. The minimum Gasteiger partial charge on any atom is -0.466 e. The summed E-state index contributed by atoms with van der Waals surface area (Å²) in [6, 6.07) is 0. The molecule has 18 heavy (non-hydrogen) atoms. The molecule has 1 aromatic heterocycles. The van der Waals surface area contributed by atoms with E-state index in [2.05, 4.69) is 15.6 Å². The minimum atomic E-state index is -0.710. The van der Waals surface area contributed by atoms with Gasteiger partial charge in [-0.15, -0.1) is 5.10 Å². The third-order valence-electron chi connectivity index (χ3n) is 1.77. The zero-order valence-electron chi connectivity index (χ0n) is 9.94. The fourth-order valence-corrected chi connectivity index (χ4v) is 1.03. The summed E-state index contributed by atoms with van der Waals surface area (Å²) >= 11 is 0. The Kier molecular flexibility index (Phi) is 4.78. The Labute approximate surface area is 101 Å². The summed E-state index contributed by atoms with van der Waals surface area (Å²) in [7, 11) is 0. The molecule has 3 N–H and O–H groups in total. The average Bonchev–Trinajstić information content (AvgIpc) is 2.28. The first-order valence-corrected chi connectivity index (χ1v) is 5.16. The number of carbonyl (C=O) groups excluding carboxylic acids is 1. The molecule has 0 radical (unpaired) electrons. The van der Waals surface area contributed by atoms with Crippen molar-refractivity contribution in [1.82, 2.24) is 15.2 Å². The van der Waals surface area contributed by atoms with Crippen molar-refractivity contribution in [3.8, 4) is 0 Å². The highest BCUT2D eigenvalue weighted by Crippen LogP contribution is 1.93. The van der Waals surface area contributed by atoms with E-state index in [4.69, 9.17) is 4.74 Å². The van der Waals surface area contributed by atoms with E-state index in [9.17, 15) is 14.4 Å². The smallest absolute Gasteiger partial charge is 0.342 e. The number of hydrogen-bond donors (Lipinski definition) is 3. The Balaban J connectivity index is 2.65. The molecular weight excluding hydrogens is 242 g/mol. The molecule has 0 aliphatic rings. The Hall–Kier alpha value is -2.45. The summed E-state index contributed by atoms with van der Waals surface area (Å²) in [5, 5.41) is 9.26. The van der Waals surface area contributed by atoms with Gasteiger partial charge in [-0.1, -0.05) is 0 Å². The first kappa shape index (κ1) is 13.6. The molecule has 1 heterocycles. The lowest BCUT2D eigenvalue weighted by Crippen LogP contribution is -2.26. The van der Waals surface area contributed by atoms with Crippen LogP contribution < -0.4 is 16.7 Å². The molecule has 9 nitrogen and oxygen atoms in total. The van der Waals surface area contributed by atoms with Crippen LogP contribution in [0.1, 0.15) is 20.3 Å². The van der Waals surface area contributed by atoms with Crippen molar-refractivity contribution >= 4 is 17.5 Å². The van der Waals surface area contributed by atoms with E-state index in [-0.39, 0.29) is 12.2 Å². The highest BCUT2D eigenvalue weighted by molar-refractivity contribution is 5.97. The minimum absolute atomic E-state index is 0.00208. The van der Waals surface area contributed by atoms with Crippen LogP contribution in [0, 0.1) is 0 Å². The molecule has 0 aliphatic carbocycles. The van der Waals surface area contributed by atoms with Gasteiger partial charge < -0.3 is 4.74 Å². The van der Waals surface area contributed by atoms with Crippen LogP contribution in [0.15, 0.2) is 14.7 Å². The summed E-state index contributed by atoms with van der Waals surface area (Å²) in [6.07, 6.45) is 0.00208. The van der Waals surface area contributed by atoms with Gasteiger partial charge in [0.15, 0.2) is 0 Å². The number of hydrazone groups is 1. The summed E-state index contributed by atoms with van der Waals surface area (Å²) < 4.78 is 4.73. The monoisotopic (exact) mass is 255 g/mol. The summed E-state index contributed by atoms with van der Waals surface area (Å²) in [6.45, 7) is 3.58. The number of ether oxygens (including phenoxy) is 1. The zero-order chi connectivity index (χ0) is 13.5. The van der Waals surface area contributed by atoms with Crippen LogP contribution in [0.4, 0.5) is 5.82 Å². The van der Waals surface area contributed by atoms with Gasteiger partial charge in [-0.25, -0.2) is 9.89 Å². The van der Waals surface area contributed by atoms with E-state index < -0.39 is 17.2 Å². The molecule has 0 saturated carbocycles. The van der Waals surface area contributed by atoms with E-state index in [0.29, 0.717) is 12.3 Å². The average molecular weight is 255 g/mol. The van der Waals surface area contributed by atoms with Gasteiger partial charge in [-0.05, 0) is 13.8 Å². The third-order valence-corrected chi connectivity index (χ3v) is 1.77. The lowest BCUT2D eigenvalue weighted by molar-refractivity contribution is -0.141. The molecule has 0 aromatic carbocycles. The number of aromatic nitrogens is 3. The molecule has 0 atom stereocenters. The predicted molar refractivity (Wildman–Crippen MR) is 63.5 cm³/mol. The normalized spacial score (nSPS) is 11.1. The summed E-state index contributed by atoms with van der Waals surface area (Å²) in [5.41, 5.74) is 1.35. The summed E-state index contributed by atoms with van der Waals surface area (Å²) in [4.78, 5) is 35.0. The first-order chi connectivity index (χ1) is 8.52. The zero-order valence-corrected chi connectivity index (χ0v) is 9.94. The van der Waals surface area contributed by atoms with Gasteiger partial charge in [0.25, 0.3) is 5.56 Å². The third kappa shape index (κ3) is 4.20. The molecule has 0 saturated heterocycles. The number of carbonyl (C=O) groups is 1. The Morgan fingerprint density at radius 3 is 2.83 bits per heavy atom. The number of nitrogens with zero attached hydrogens (tertiary/aromatic N) is 2. The number of hydrogen-bond acceptors (Lipinski definition) is 7. The number of H-pyrrole nitrogens is 2. The number of rotatable bonds is 5.